The van der Waals surface area contributed by atoms with Crippen LogP contribution in [0.4, 0.5) is 5.69 Å². The average molecular weight is 545 g/mol. The van der Waals surface area contributed by atoms with Crippen LogP contribution >= 0.6 is 27.5 Å². The van der Waals surface area contributed by atoms with Crippen molar-refractivity contribution >= 4 is 51.2 Å². The van der Waals surface area contributed by atoms with Crippen LogP contribution in [-0.2, 0) is 16.2 Å². The molecule has 2 amide bonds. The number of ether oxygens (including phenoxy) is 2. The van der Waals surface area contributed by atoms with Gasteiger partial charge in [-0.1, -0.05) is 45.7 Å². The Kier molecular flexibility index (Phi) is 9.07. The number of hydrogen-bond donors (Lipinski definition) is 2. The van der Waals surface area contributed by atoms with Crippen molar-refractivity contribution in [1.82, 2.24) is 5.43 Å². The Morgan fingerprint density at radius 2 is 1.79 bits per heavy atom. The van der Waals surface area contributed by atoms with Crippen molar-refractivity contribution in [3.8, 4) is 11.5 Å². The van der Waals surface area contributed by atoms with Gasteiger partial charge in [-0.25, -0.2) is 5.43 Å². The molecule has 0 bridgehead atoms. The molecule has 2 N–H and O–H groups in total. The molecule has 0 aromatic heterocycles. The Labute approximate surface area is 211 Å². The number of nitrogens with zero attached hydrogens (tertiary/aromatic N) is 1. The highest BCUT2D eigenvalue weighted by molar-refractivity contribution is 9.10. The summed E-state index contributed by atoms with van der Waals surface area (Å²) >= 11 is 9.45. The SMILES string of the molecule is COc1cc(C=NNC(=O)CC(=O)Nc2ccc(C)c(Cl)c2)ccc1OCc1ccc(Br)cc1. The van der Waals surface area contributed by atoms with Gasteiger partial charge in [-0.05, 0) is 66.1 Å². The number of methoxy groups -OCH3 is 1. The third kappa shape index (κ3) is 7.60. The lowest BCUT2D eigenvalue weighted by atomic mass is 10.2. The Bertz CT molecular complexity index is 1200. The summed E-state index contributed by atoms with van der Waals surface area (Å²) in [5.41, 5.74) is 5.46. The zero-order valence-corrected chi connectivity index (χ0v) is 20.9. The van der Waals surface area contributed by atoms with E-state index in [1.165, 1.54) is 6.21 Å². The number of halogens is 2. The lowest BCUT2D eigenvalue weighted by Gasteiger charge is -2.11. The van der Waals surface area contributed by atoms with E-state index < -0.39 is 11.8 Å². The first-order chi connectivity index (χ1) is 16.3. The number of carbonyl (C=O) groups is 2. The molecule has 7 nitrogen and oxygen atoms in total. The van der Waals surface area contributed by atoms with Gasteiger partial charge < -0.3 is 14.8 Å². The molecule has 3 aromatic carbocycles. The molecular weight excluding hydrogens is 522 g/mol. The first kappa shape index (κ1) is 25.3. The van der Waals surface area contributed by atoms with Crippen molar-refractivity contribution in [3.05, 3.63) is 86.8 Å². The normalized spacial score (nSPS) is 10.7. The number of aryl methyl sites for hydroxylation is 1. The zero-order valence-electron chi connectivity index (χ0n) is 18.6. The van der Waals surface area contributed by atoms with Crippen LogP contribution < -0.4 is 20.2 Å². The van der Waals surface area contributed by atoms with E-state index in [9.17, 15) is 9.59 Å². The van der Waals surface area contributed by atoms with Crippen LogP contribution in [0.25, 0.3) is 0 Å². The zero-order chi connectivity index (χ0) is 24.5. The van der Waals surface area contributed by atoms with Crippen LogP contribution in [0.2, 0.25) is 5.02 Å². The van der Waals surface area contributed by atoms with Gasteiger partial charge in [0.1, 0.15) is 13.0 Å². The van der Waals surface area contributed by atoms with Crippen LogP contribution in [0.5, 0.6) is 11.5 Å². The van der Waals surface area contributed by atoms with E-state index in [4.69, 9.17) is 21.1 Å². The van der Waals surface area contributed by atoms with Gasteiger partial charge >= 0.3 is 0 Å². The molecule has 0 atom stereocenters. The van der Waals surface area contributed by atoms with Crippen LogP contribution in [0.15, 0.2) is 70.2 Å². The van der Waals surface area contributed by atoms with Crippen molar-refractivity contribution in [3.63, 3.8) is 0 Å². The minimum Gasteiger partial charge on any atom is -0.493 e. The lowest BCUT2D eigenvalue weighted by molar-refractivity contribution is -0.126. The fourth-order valence-corrected chi connectivity index (χ4v) is 3.31. The maximum absolute atomic E-state index is 12.1. The molecule has 0 aliphatic heterocycles. The molecule has 0 heterocycles. The van der Waals surface area contributed by atoms with Crippen molar-refractivity contribution in [2.75, 3.05) is 12.4 Å². The fraction of sp³-hybridized carbons (Fsp3) is 0.160. The number of anilines is 1. The van der Waals surface area contributed by atoms with Gasteiger partial charge in [0.25, 0.3) is 0 Å². The van der Waals surface area contributed by atoms with Gasteiger partial charge in [0, 0.05) is 15.2 Å². The van der Waals surface area contributed by atoms with Gasteiger partial charge in [0.2, 0.25) is 11.8 Å². The van der Waals surface area contributed by atoms with Gasteiger partial charge in [0.15, 0.2) is 11.5 Å². The molecule has 176 valence electrons. The lowest BCUT2D eigenvalue weighted by Crippen LogP contribution is -2.24. The van der Waals surface area contributed by atoms with Crippen molar-refractivity contribution in [2.24, 2.45) is 5.10 Å². The third-order valence-corrected chi connectivity index (χ3v) is 5.61. The summed E-state index contributed by atoms with van der Waals surface area (Å²) in [6, 6.07) is 18.3. The van der Waals surface area contributed by atoms with Crippen molar-refractivity contribution < 1.29 is 19.1 Å². The molecule has 9 heteroatoms. The second-order valence-electron chi connectivity index (χ2n) is 7.31. The molecule has 0 saturated heterocycles. The number of hydrazone groups is 1. The van der Waals surface area contributed by atoms with E-state index in [0.717, 1.165) is 15.6 Å². The van der Waals surface area contributed by atoms with E-state index in [-0.39, 0.29) is 6.42 Å². The Hall–Kier alpha value is -3.36. The minimum absolute atomic E-state index is 0.380. The number of rotatable bonds is 9. The van der Waals surface area contributed by atoms with E-state index >= 15 is 0 Å². The van der Waals surface area contributed by atoms with Crippen LogP contribution in [-0.4, -0.2) is 25.1 Å². The van der Waals surface area contributed by atoms with E-state index in [0.29, 0.717) is 34.4 Å². The summed E-state index contributed by atoms with van der Waals surface area (Å²) in [6.07, 6.45) is 1.07. The Balaban J connectivity index is 1.51. The molecule has 0 aliphatic carbocycles. The summed E-state index contributed by atoms with van der Waals surface area (Å²) in [5, 5.41) is 7.07. The molecule has 0 radical (unpaired) electrons. The topological polar surface area (TPSA) is 89.0 Å². The Morgan fingerprint density at radius 3 is 2.50 bits per heavy atom. The molecule has 0 spiro atoms. The van der Waals surface area contributed by atoms with Crippen molar-refractivity contribution in [2.45, 2.75) is 20.0 Å². The first-order valence-electron chi connectivity index (χ1n) is 10.3. The summed E-state index contributed by atoms with van der Waals surface area (Å²) in [5.74, 6) is 0.0953. The molecule has 34 heavy (non-hydrogen) atoms. The number of nitrogens with one attached hydrogen (secondary N) is 2. The largest absolute Gasteiger partial charge is 0.493 e. The minimum atomic E-state index is -0.548. The molecule has 0 unspecified atom stereocenters. The molecule has 0 saturated carbocycles. The molecule has 0 fully saturated rings. The smallest absolute Gasteiger partial charge is 0.249 e. The van der Waals surface area contributed by atoms with Gasteiger partial charge in [0.05, 0.1) is 13.3 Å². The standard InChI is InChI=1S/C25H23BrClN3O4/c1-16-3-9-20(12-21(16)27)29-24(31)13-25(32)30-28-14-18-6-10-22(23(11-18)33-2)34-15-17-4-7-19(26)8-5-17/h3-12,14H,13,15H2,1-2H3,(H,29,31)(H,30,32). The van der Waals surface area contributed by atoms with E-state index in [1.807, 2.05) is 31.2 Å². The Morgan fingerprint density at radius 1 is 1.03 bits per heavy atom. The quantitative estimate of drug-likeness (QED) is 0.212. The number of hydrogen-bond acceptors (Lipinski definition) is 5. The molecule has 3 rings (SSSR count). The van der Waals surface area contributed by atoms with E-state index in [1.54, 1.807) is 43.5 Å². The van der Waals surface area contributed by atoms with Gasteiger partial charge in [-0.3, -0.25) is 9.59 Å². The predicted octanol–water partition coefficient (Wildman–Crippen LogP) is 5.48. The molecule has 3 aromatic rings. The second-order valence-corrected chi connectivity index (χ2v) is 8.63. The monoisotopic (exact) mass is 543 g/mol. The molecular formula is C25H23BrClN3O4. The molecule has 0 aliphatic rings. The van der Waals surface area contributed by atoms with Crippen LogP contribution in [0, 0.1) is 6.92 Å². The first-order valence-corrected chi connectivity index (χ1v) is 11.4. The van der Waals surface area contributed by atoms with Gasteiger partial charge in [-0.2, -0.15) is 5.10 Å². The summed E-state index contributed by atoms with van der Waals surface area (Å²) in [7, 11) is 1.55. The highest BCUT2D eigenvalue weighted by Crippen LogP contribution is 2.28. The van der Waals surface area contributed by atoms with Gasteiger partial charge in [-0.15, -0.1) is 0 Å². The fourth-order valence-electron chi connectivity index (χ4n) is 2.87. The van der Waals surface area contributed by atoms with Crippen molar-refractivity contribution in [1.29, 1.82) is 0 Å². The average Bonchev–Trinajstić information content (AvgIpc) is 2.81. The highest BCUT2D eigenvalue weighted by atomic mass is 79.9. The van der Waals surface area contributed by atoms with E-state index in [2.05, 4.69) is 31.8 Å². The van der Waals surface area contributed by atoms with Crippen LogP contribution in [0.1, 0.15) is 23.1 Å². The number of carbonyl (C=O) groups excluding carboxylic acids is 2. The number of amides is 2. The summed E-state index contributed by atoms with van der Waals surface area (Å²) < 4.78 is 12.3. The van der Waals surface area contributed by atoms with Crippen LogP contribution in [0.3, 0.4) is 0 Å². The highest BCUT2D eigenvalue weighted by Gasteiger charge is 2.10. The predicted molar refractivity (Wildman–Crippen MR) is 137 cm³/mol. The maximum atomic E-state index is 12.1. The summed E-state index contributed by atoms with van der Waals surface area (Å²) in [4.78, 5) is 24.1. The summed E-state index contributed by atoms with van der Waals surface area (Å²) in [6.45, 7) is 2.25. The number of benzene rings is 3. The maximum Gasteiger partial charge on any atom is 0.249 e. The third-order valence-electron chi connectivity index (χ3n) is 4.67. The second kappa shape index (κ2) is 12.2.